The molecule has 2 rings (SSSR count). The van der Waals surface area contributed by atoms with Gasteiger partial charge in [-0.15, -0.1) is 0 Å². The number of furan rings is 1. The molecule has 100 valence electrons. The first-order chi connectivity index (χ1) is 9.11. The van der Waals surface area contributed by atoms with Crippen LogP contribution in [0.5, 0.6) is 0 Å². The highest BCUT2D eigenvalue weighted by atomic mass is 16.4. The lowest BCUT2D eigenvalue weighted by Crippen LogP contribution is -2.22. The molecule has 0 amide bonds. The van der Waals surface area contributed by atoms with Crippen LogP contribution in [-0.4, -0.2) is 17.6 Å². The van der Waals surface area contributed by atoms with Crippen LogP contribution in [0, 0.1) is 6.92 Å². The molecule has 0 fully saturated rings. The van der Waals surface area contributed by atoms with Crippen LogP contribution in [0.15, 0.2) is 41.0 Å². The molecule has 0 spiro atoms. The minimum atomic E-state index is -1.03. The van der Waals surface area contributed by atoms with Gasteiger partial charge in [-0.05, 0) is 32.0 Å². The van der Waals surface area contributed by atoms with E-state index in [9.17, 15) is 4.79 Å². The fraction of sp³-hybridized carbons (Fsp3) is 0.267. The van der Waals surface area contributed by atoms with Gasteiger partial charge in [-0.1, -0.05) is 17.7 Å². The van der Waals surface area contributed by atoms with E-state index in [0.717, 1.165) is 12.2 Å². The standard InChI is InChI=1S/C15H17NO3/c1-3-16(13-6-4-11(2)5-7-13)10-12-8-9-19-14(12)15(17)18/h4-9H,3,10H2,1-2H3,(H,17,18). The molecular formula is C15H17NO3. The fourth-order valence-corrected chi connectivity index (χ4v) is 1.99. The number of aromatic carboxylic acids is 1. The summed E-state index contributed by atoms with van der Waals surface area (Å²) in [6.07, 6.45) is 1.42. The lowest BCUT2D eigenvalue weighted by atomic mass is 10.2. The van der Waals surface area contributed by atoms with Crippen molar-refractivity contribution in [3.05, 3.63) is 53.5 Å². The number of carboxylic acid groups (broad SMARTS) is 1. The van der Waals surface area contributed by atoms with Gasteiger partial charge in [0.15, 0.2) is 0 Å². The maximum Gasteiger partial charge on any atom is 0.372 e. The summed E-state index contributed by atoms with van der Waals surface area (Å²) in [4.78, 5) is 13.1. The van der Waals surface area contributed by atoms with Crippen molar-refractivity contribution in [1.82, 2.24) is 0 Å². The Morgan fingerprint density at radius 3 is 2.53 bits per heavy atom. The van der Waals surface area contributed by atoms with E-state index in [1.165, 1.54) is 11.8 Å². The van der Waals surface area contributed by atoms with Gasteiger partial charge in [0.1, 0.15) is 0 Å². The predicted molar refractivity (Wildman–Crippen MR) is 73.6 cm³/mol. The van der Waals surface area contributed by atoms with Crippen molar-refractivity contribution in [2.24, 2.45) is 0 Å². The number of hydrogen-bond acceptors (Lipinski definition) is 3. The summed E-state index contributed by atoms with van der Waals surface area (Å²) in [5, 5.41) is 9.03. The molecule has 0 aliphatic rings. The van der Waals surface area contributed by atoms with Gasteiger partial charge in [0.05, 0.1) is 6.26 Å². The molecule has 0 unspecified atom stereocenters. The fourth-order valence-electron chi connectivity index (χ4n) is 1.99. The van der Waals surface area contributed by atoms with Gasteiger partial charge in [0.25, 0.3) is 0 Å². The van der Waals surface area contributed by atoms with Gasteiger partial charge in [-0.3, -0.25) is 0 Å². The molecule has 0 aliphatic heterocycles. The minimum absolute atomic E-state index is 0.0190. The molecule has 0 bridgehead atoms. The molecule has 0 atom stereocenters. The Labute approximate surface area is 112 Å². The maximum absolute atomic E-state index is 11.0. The zero-order valence-corrected chi connectivity index (χ0v) is 11.1. The molecule has 0 saturated carbocycles. The number of rotatable bonds is 5. The van der Waals surface area contributed by atoms with Gasteiger partial charge in [-0.25, -0.2) is 4.79 Å². The summed E-state index contributed by atoms with van der Waals surface area (Å²) in [5.41, 5.74) is 2.97. The normalized spacial score (nSPS) is 10.4. The highest BCUT2D eigenvalue weighted by Gasteiger charge is 2.16. The molecule has 2 aromatic rings. The first-order valence-corrected chi connectivity index (χ1v) is 6.23. The maximum atomic E-state index is 11.0. The monoisotopic (exact) mass is 259 g/mol. The molecule has 0 radical (unpaired) electrons. The lowest BCUT2D eigenvalue weighted by Gasteiger charge is -2.22. The van der Waals surface area contributed by atoms with Crippen LogP contribution in [0.25, 0.3) is 0 Å². The summed E-state index contributed by atoms with van der Waals surface area (Å²) in [7, 11) is 0. The van der Waals surface area contributed by atoms with Gasteiger partial charge >= 0.3 is 5.97 Å². The second-order valence-corrected chi connectivity index (χ2v) is 4.43. The molecule has 0 saturated heterocycles. The number of nitrogens with zero attached hydrogens (tertiary/aromatic N) is 1. The van der Waals surface area contributed by atoms with Crippen LogP contribution in [-0.2, 0) is 6.54 Å². The van der Waals surface area contributed by atoms with Crippen molar-refractivity contribution in [2.45, 2.75) is 20.4 Å². The van der Waals surface area contributed by atoms with Gasteiger partial charge in [-0.2, -0.15) is 0 Å². The Balaban J connectivity index is 2.21. The van der Waals surface area contributed by atoms with Crippen molar-refractivity contribution in [3.63, 3.8) is 0 Å². The third-order valence-corrected chi connectivity index (χ3v) is 3.08. The number of carboxylic acids is 1. The van der Waals surface area contributed by atoms with Crippen molar-refractivity contribution >= 4 is 11.7 Å². The number of benzene rings is 1. The number of carbonyl (C=O) groups is 1. The summed E-state index contributed by atoms with van der Waals surface area (Å²) < 4.78 is 5.00. The van der Waals surface area contributed by atoms with E-state index in [1.807, 2.05) is 38.1 Å². The van der Waals surface area contributed by atoms with E-state index < -0.39 is 5.97 Å². The Kier molecular flexibility index (Phi) is 3.90. The van der Waals surface area contributed by atoms with E-state index in [4.69, 9.17) is 9.52 Å². The van der Waals surface area contributed by atoms with Crippen molar-refractivity contribution < 1.29 is 14.3 Å². The summed E-state index contributed by atoms with van der Waals surface area (Å²) >= 11 is 0. The second kappa shape index (κ2) is 5.61. The van der Waals surface area contributed by atoms with Crippen LogP contribution in [0.3, 0.4) is 0 Å². The predicted octanol–water partition coefficient (Wildman–Crippen LogP) is 3.31. The van der Waals surface area contributed by atoms with Gasteiger partial charge in [0, 0.05) is 24.3 Å². The average Bonchev–Trinajstić information content (AvgIpc) is 2.85. The highest BCUT2D eigenvalue weighted by Crippen LogP contribution is 2.20. The molecule has 1 heterocycles. The SMILES string of the molecule is CCN(Cc1ccoc1C(=O)O)c1ccc(C)cc1. The van der Waals surface area contributed by atoms with Crippen LogP contribution in [0.4, 0.5) is 5.69 Å². The van der Waals surface area contributed by atoms with E-state index >= 15 is 0 Å². The van der Waals surface area contributed by atoms with Crippen molar-refractivity contribution in [2.75, 3.05) is 11.4 Å². The molecule has 19 heavy (non-hydrogen) atoms. The van der Waals surface area contributed by atoms with Gasteiger partial charge < -0.3 is 14.4 Å². The molecule has 1 aromatic heterocycles. The number of hydrogen-bond donors (Lipinski definition) is 1. The first kappa shape index (κ1) is 13.2. The molecule has 4 heteroatoms. The third kappa shape index (κ3) is 2.96. The van der Waals surface area contributed by atoms with Crippen molar-refractivity contribution in [3.8, 4) is 0 Å². The molecular weight excluding hydrogens is 242 g/mol. The molecule has 4 nitrogen and oxygen atoms in total. The van der Waals surface area contributed by atoms with E-state index in [1.54, 1.807) is 6.07 Å². The van der Waals surface area contributed by atoms with Crippen molar-refractivity contribution in [1.29, 1.82) is 0 Å². The Morgan fingerprint density at radius 2 is 1.95 bits per heavy atom. The van der Waals surface area contributed by atoms with Gasteiger partial charge in [0.2, 0.25) is 5.76 Å². The highest BCUT2D eigenvalue weighted by molar-refractivity contribution is 5.86. The second-order valence-electron chi connectivity index (χ2n) is 4.43. The third-order valence-electron chi connectivity index (χ3n) is 3.08. The Bertz CT molecular complexity index is 557. The smallest absolute Gasteiger partial charge is 0.372 e. The number of aryl methyl sites for hydroxylation is 1. The molecule has 1 N–H and O–H groups in total. The first-order valence-electron chi connectivity index (χ1n) is 6.23. The summed E-state index contributed by atoms with van der Waals surface area (Å²) in [6, 6.07) is 9.88. The largest absolute Gasteiger partial charge is 0.475 e. The molecule has 1 aromatic carbocycles. The lowest BCUT2D eigenvalue weighted by molar-refractivity contribution is 0.0661. The average molecular weight is 259 g/mol. The zero-order valence-electron chi connectivity index (χ0n) is 11.1. The van der Waals surface area contributed by atoms with Crippen LogP contribution >= 0.6 is 0 Å². The van der Waals surface area contributed by atoms with Crippen LogP contribution in [0.1, 0.15) is 28.6 Å². The minimum Gasteiger partial charge on any atom is -0.475 e. The summed E-state index contributed by atoms with van der Waals surface area (Å²) in [6.45, 7) is 5.41. The Hall–Kier alpha value is -2.23. The van der Waals surface area contributed by atoms with E-state index in [0.29, 0.717) is 12.1 Å². The van der Waals surface area contributed by atoms with E-state index in [-0.39, 0.29) is 5.76 Å². The van der Waals surface area contributed by atoms with Crippen LogP contribution < -0.4 is 4.90 Å². The topological polar surface area (TPSA) is 53.7 Å². The Morgan fingerprint density at radius 1 is 1.26 bits per heavy atom. The quantitative estimate of drug-likeness (QED) is 0.895. The zero-order chi connectivity index (χ0) is 13.8. The summed E-state index contributed by atoms with van der Waals surface area (Å²) in [5.74, 6) is -1.01. The number of anilines is 1. The molecule has 0 aliphatic carbocycles. The van der Waals surface area contributed by atoms with Crippen LogP contribution in [0.2, 0.25) is 0 Å². The van der Waals surface area contributed by atoms with E-state index in [2.05, 4.69) is 4.90 Å².